The Kier molecular flexibility index (Phi) is 9.39. The molecule has 3 N–H and O–H groups in total. The van der Waals surface area contributed by atoms with E-state index in [1.807, 2.05) is 45.9 Å². The molecule has 2 rings (SSSR count). The Hall–Kier alpha value is -3.00. The third kappa shape index (κ3) is 10.5. The number of ether oxygens (including phenoxy) is 2. The van der Waals surface area contributed by atoms with Crippen molar-refractivity contribution in [3.8, 4) is 17.0 Å². The largest absolute Gasteiger partial charge is 0.489 e. The van der Waals surface area contributed by atoms with Crippen LogP contribution in [0.1, 0.15) is 46.6 Å². The molecule has 8 heteroatoms. The summed E-state index contributed by atoms with van der Waals surface area (Å²) in [6.45, 7) is 10.6. The van der Waals surface area contributed by atoms with Crippen LogP contribution in [0.5, 0.6) is 5.75 Å². The first-order valence-corrected chi connectivity index (χ1v) is 9.60. The molecule has 0 saturated heterocycles. The molecule has 0 fully saturated rings. The highest BCUT2D eigenvalue weighted by molar-refractivity contribution is 5.76. The quantitative estimate of drug-likeness (QED) is 0.664. The smallest absolute Gasteiger partial charge is 0.303 e. The standard InChI is InChI=1S/C18H20N2O5.C4H11N/c1-11-4-5-15(16-6-7-18(23)20-19-16)17(8-11)24-10-14(9-12(2)21)25-13(3)22;1-4(2,3)5/h4-8,14H,9-10H2,1-3H3,(H,20,23);5H2,1-3H3. The molecule has 1 atom stereocenters. The summed E-state index contributed by atoms with van der Waals surface area (Å²) in [6.07, 6.45) is -0.579. The molecule has 30 heavy (non-hydrogen) atoms. The Morgan fingerprint density at radius 2 is 1.80 bits per heavy atom. The van der Waals surface area contributed by atoms with Crippen molar-refractivity contribution in [3.63, 3.8) is 0 Å². The van der Waals surface area contributed by atoms with Gasteiger partial charge in [0.2, 0.25) is 0 Å². The van der Waals surface area contributed by atoms with Gasteiger partial charge in [-0.15, -0.1) is 0 Å². The number of aromatic amines is 1. The van der Waals surface area contributed by atoms with Crippen molar-refractivity contribution in [2.75, 3.05) is 6.61 Å². The molecular formula is C22H31N3O5. The average molecular weight is 418 g/mol. The molecule has 2 aromatic rings. The number of nitrogens with zero attached hydrogens (tertiary/aromatic N) is 1. The van der Waals surface area contributed by atoms with E-state index >= 15 is 0 Å². The second-order valence-corrected chi connectivity index (χ2v) is 8.12. The highest BCUT2D eigenvalue weighted by atomic mass is 16.6. The van der Waals surface area contributed by atoms with Crippen molar-refractivity contribution >= 4 is 11.8 Å². The number of hydrogen-bond acceptors (Lipinski definition) is 7. The van der Waals surface area contributed by atoms with E-state index in [2.05, 4.69) is 10.2 Å². The Labute approximate surface area is 176 Å². The number of Topliss-reactive ketones (excluding diaryl/α,β-unsaturated/α-hetero) is 1. The number of esters is 1. The molecule has 1 aromatic carbocycles. The fourth-order valence-corrected chi connectivity index (χ4v) is 2.33. The first kappa shape index (κ1) is 25.0. The van der Waals surface area contributed by atoms with Gasteiger partial charge in [0.25, 0.3) is 5.56 Å². The maximum absolute atomic E-state index is 11.3. The molecule has 1 heterocycles. The molecule has 0 spiro atoms. The van der Waals surface area contributed by atoms with Gasteiger partial charge in [-0.2, -0.15) is 5.10 Å². The fraction of sp³-hybridized carbons (Fsp3) is 0.455. The Morgan fingerprint density at radius 3 is 2.30 bits per heavy atom. The first-order chi connectivity index (χ1) is 13.8. The number of hydrogen-bond donors (Lipinski definition) is 2. The number of aromatic nitrogens is 2. The molecule has 0 aliphatic carbocycles. The van der Waals surface area contributed by atoms with Gasteiger partial charge in [-0.05, 0) is 58.4 Å². The van der Waals surface area contributed by atoms with Crippen molar-refractivity contribution in [3.05, 3.63) is 46.2 Å². The molecule has 0 radical (unpaired) electrons. The summed E-state index contributed by atoms with van der Waals surface area (Å²) in [4.78, 5) is 33.7. The van der Waals surface area contributed by atoms with E-state index in [0.717, 1.165) is 5.56 Å². The monoisotopic (exact) mass is 417 g/mol. The molecule has 8 nitrogen and oxygen atoms in total. The molecule has 0 bridgehead atoms. The average Bonchev–Trinajstić information content (AvgIpc) is 2.58. The summed E-state index contributed by atoms with van der Waals surface area (Å²) < 4.78 is 10.9. The van der Waals surface area contributed by atoms with Gasteiger partial charge in [-0.1, -0.05) is 6.07 Å². The third-order valence-corrected chi connectivity index (χ3v) is 3.36. The first-order valence-electron chi connectivity index (χ1n) is 9.60. The second-order valence-electron chi connectivity index (χ2n) is 8.12. The SMILES string of the molecule is CC(=O)CC(COc1cc(C)ccc1-c1ccc(=O)[nH]n1)OC(C)=O.CC(C)(C)N. The highest BCUT2D eigenvalue weighted by Crippen LogP contribution is 2.29. The van der Waals surface area contributed by atoms with Gasteiger partial charge >= 0.3 is 5.97 Å². The lowest BCUT2D eigenvalue weighted by Crippen LogP contribution is -2.26. The minimum Gasteiger partial charge on any atom is -0.489 e. The van der Waals surface area contributed by atoms with Crippen LogP contribution >= 0.6 is 0 Å². The maximum Gasteiger partial charge on any atom is 0.303 e. The number of benzene rings is 1. The van der Waals surface area contributed by atoms with Gasteiger partial charge in [-0.3, -0.25) is 14.4 Å². The fourth-order valence-electron chi connectivity index (χ4n) is 2.33. The van der Waals surface area contributed by atoms with Crippen LogP contribution in [0, 0.1) is 6.92 Å². The molecule has 0 saturated carbocycles. The van der Waals surface area contributed by atoms with Crippen molar-refractivity contribution in [1.29, 1.82) is 0 Å². The van der Waals surface area contributed by atoms with Crippen molar-refractivity contribution in [2.45, 2.75) is 59.6 Å². The molecule has 0 amide bonds. The van der Waals surface area contributed by atoms with Crippen LogP contribution in [0.15, 0.2) is 35.1 Å². The van der Waals surface area contributed by atoms with Crippen LogP contribution in [0.25, 0.3) is 11.3 Å². The van der Waals surface area contributed by atoms with Crippen LogP contribution in [0.3, 0.4) is 0 Å². The van der Waals surface area contributed by atoms with E-state index in [-0.39, 0.29) is 29.9 Å². The van der Waals surface area contributed by atoms with E-state index in [0.29, 0.717) is 17.0 Å². The van der Waals surface area contributed by atoms with Gasteiger partial charge in [0.1, 0.15) is 24.2 Å². The Morgan fingerprint density at radius 1 is 1.17 bits per heavy atom. The van der Waals surface area contributed by atoms with Crippen molar-refractivity contribution < 1.29 is 19.1 Å². The van der Waals surface area contributed by atoms with E-state index < -0.39 is 12.1 Å². The molecule has 164 valence electrons. The number of carbonyl (C=O) groups excluding carboxylic acids is 2. The van der Waals surface area contributed by atoms with E-state index in [1.54, 1.807) is 6.07 Å². The molecular weight excluding hydrogens is 386 g/mol. The van der Waals surface area contributed by atoms with Gasteiger partial charge < -0.3 is 15.2 Å². The number of aryl methyl sites for hydroxylation is 1. The predicted molar refractivity (Wildman–Crippen MR) is 115 cm³/mol. The summed E-state index contributed by atoms with van der Waals surface area (Å²) in [5.74, 6) is -0.0384. The molecule has 1 unspecified atom stereocenters. The van der Waals surface area contributed by atoms with Crippen LogP contribution in [-0.4, -0.2) is 40.2 Å². The number of nitrogens with two attached hydrogens (primary N) is 1. The van der Waals surface area contributed by atoms with Crippen molar-refractivity contribution in [2.24, 2.45) is 5.73 Å². The van der Waals surface area contributed by atoms with Crippen LogP contribution in [0.2, 0.25) is 0 Å². The summed E-state index contributed by atoms with van der Waals surface area (Å²) in [7, 11) is 0. The number of H-pyrrole nitrogens is 1. The summed E-state index contributed by atoms with van der Waals surface area (Å²) >= 11 is 0. The van der Waals surface area contributed by atoms with Crippen LogP contribution < -0.4 is 16.0 Å². The summed E-state index contributed by atoms with van der Waals surface area (Å²) in [6, 6.07) is 8.52. The minimum absolute atomic E-state index is 0. The van der Waals surface area contributed by atoms with E-state index in [4.69, 9.17) is 15.2 Å². The number of ketones is 1. The number of rotatable bonds is 7. The van der Waals surface area contributed by atoms with Crippen LogP contribution in [-0.2, 0) is 14.3 Å². The van der Waals surface area contributed by atoms with E-state index in [9.17, 15) is 14.4 Å². The summed E-state index contributed by atoms with van der Waals surface area (Å²) in [5, 5.41) is 6.39. The maximum atomic E-state index is 11.3. The van der Waals surface area contributed by atoms with Crippen molar-refractivity contribution in [1.82, 2.24) is 10.2 Å². The second kappa shape index (κ2) is 11.3. The van der Waals surface area contributed by atoms with Crippen LogP contribution in [0.4, 0.5) is 0 Å². The molecule has 0 aliphatic heterocycles. The minimum atomic E-state index is -0.660. The zero-order valence-corrected chi connectivity index (χ0v) is 18.4. The summed E-state index contributed by atoms with van der Waals surface area (Å²) in [5.41, 5.74) is 7.26. The van der Waals surface area contributed by atoms with Gasteiger partial charge in [0, 0.05) is 30.5 Å². The topological polar surface area (TPSA) is 124 Å². The molecule has 0 aliphatic rings. The molecule has 1 aromatic heterocycles. The normalized spacial score (nSPS) is 11.7. The lowest BCUT2D eigenvalue weighted by atomic mass is 10.1. The van der Waals surface area contributed by atoms with E-state index in [1.165, 1.54) is 19.9 Å². The van der Waals surface area contributed by atoms with Gasteiger partial charge in [-0.25, -0.2) is 5.10 Å². The lowest BCUT2D eigenvalue weighted by Gasteiger charge is -2.18. The lowest BCUT2D eigenvalue weighted by molar-refractivity contribution is -0.149. The third-order valence-electron chi connectivity index (χ3n) is 3.36. The van der Waals surface area contributed by atoms with Gasteiger partial charge in [0.05, 0.1) is 5.69 Å². The Bertz CT molecular complexity index is 873. The highest BCUT2D eigenvalue weighted by Gasteiger charge is 2.17. The number of carbonyl (C=O) groups is 2. The zero-order chi connectivity index (χ0) is 22.9. The zero-order valence-electron chi connectivity index (χ0n) is 18.4. The predicted octanol–water partition coefficient (Wildman–Crippen LogP) is 2.78. The Balaban J connectivity index is 0.000000804. The number of nitrogens with one attached hydrogen (secondary N) is 1. The van der Waals surface area contributed by atoms with Gasteiger partial charge in [0.15, 0.2) is 0 Å².